The molecule has 0 unspecified atom stereocenters. The normalized spacial score (nSPS) is 13.5. The number of nitrogens with zero attached hydrogens (tertiary/aromatic N) is 1. The highest BCUT2D eigenvalue weighted by atomic mass is 16.5. The first-order valence-electron chi connectivity index (χ1n) is 9.22. The molecule has 1 aliphatic rings. The minimum Gasteiger partial charge on any atom is -0.497 e. The van der Waals surface area contributed by atoms with Crippen LogP contribution in [0.2, 0.25) is 0 Å². The molecule has 2 aromatic carbocycles. The van der Waals surface area contributed by atoms with Crippen LogP contribution in [0.1, 0.15) is 10.4 Å². The van der Waals surface area contributed by atoms with E-state index in [1.807, 2.05) is 0 Å². The largest absolute Gasteiger partial charge is 0.497 e. The first-order valence-corrected chi connectivity index (χ1v) is 9.22. The molecule has 0 radical (unpaired) electrons. The van der Waals surface area contributed by atoms with E-state index in [1.54, 1.807) is 54.5 Å². The van der Waals surface area contributed by atoms with E-state index in [4.69, 9.17) is 18.9 Å². The molecule has 1 saturated heterocycles. The second kappa shape index (κ2) is 9.79. The van der Waals surface area contributed by atoms with Crippen LogP contribution >= 0.6 is 0 Å². The number of benzene rings is 2. The quantitative estimate of drug-likeness (QED) is 0.767. The number of hydrogen-bond acceptors (Lipinski definition) is 6. The van der Waals surface area contributed by atoms with Crippen LogP contribution in [-0.2, 0) is 9.53 Å². The number of morpholine rings is 1. The molecule has 3 rings (SSSR count). The Morgan fingerprint density at radius 3 is 2.38 bits per heavy atom. The standard InChI is InChI=1S/C21H24N2O6/c1-26-17-6-4-16(5-7-17)22-21(25)15-3-8-18(19(13-15)27-2)29-14-20(24)23-9-11-28-12-10-23/h3-8,13H,9-12,14H2,1-2H3,(H,22,25). The van der Waals surface area contributed by atoms with Crippen LogP contribution < -0.4 is 19.5 Å². The van der Waals surface area contributed by atoms with E-state index in [9.17, 15) is 9.59 Å². The van der Waals surface area contributed by atoms with Gasteiger partial charge in [-0.05, 0) is 42.5 Å². The Bertz CT molecular complexity index is 847. The van der Waals surface area contributed by atoms with Crippen LogP contribution in [0.25, 0.3) is 0 Å². The van der Waals surface area contributed by atoms with Crippen molar-refractivity contribution in [1.82, 2.24) is 4.90 Å². The van der Waals surface area contributed by atoms with Crippen molar-refractivity contribution in [3.8, 4) is 17.2 Å². The van der Waals surface area contributed by atoms with Crippen molar-refractivity contribution in [2.24, 2.45) is 0 Å². The molecule has 2 amide bonds. The number of rotatable bonds is 7. The molecule has 0 saturated carbocycles. The lowest BCUT2D eigenvalue weighted by atomic mass is 10.1. The fourth-order valence-electron chi connectivity index (χ4n) is 2.85. The molecule has 0 aromatic heterocycles. The Morgan fingerprint density at radius 1 is 1.00 bits per heavy atom. The van der Waals surface area contributed by atoms with Gasteiger partial charge in [0.05, 0.1) is 27.4 Å². The van der Waals surface area contributed by atoms with E-state index in [1.165, 1.54) is 7.11 Å². The highest BCUT2D eigenvalue weighted by molar-refractivity contribution is 6.04. The Morgan fingerprint density at radius 2 is 1.72 bits per heavy atom. The molecule has 1 heterocycles. The van der Waals surface area contributed by atoms with Gasteiger partial charge in [-0.25, -0.2) is 0 Å². The van der Waals surface area contributed by atoms with Gasteiger partial charge < -0.3 is 29.2 Å². The van der Waals surface area contributed by atoms with Gasteiger partial charge >= 0.3 is 0 Å². The Kier molecular flexibility index (Phi) is 6.91. The number of hydrogen-bond donors (Lipinski definition) is 1. The maximum atomic E-state index is 12.5. The first-order chi connectivity index (χ1) is 14.1. The third-order valence-electron chi connectivity index (χ3n) is 4.49. The van der Waals surface area contributed by atoms with E-state index in [0.717, 1.165) is 0 Å². The van der Waals surface area contributed by atoms with Gasteiger partial charge in [-0.15, -0.1) is 0 Å². The van der Waals surface area contributed by atoms with Crippen LogP contribution in [0.5, 0.6) is 17.2 Å². The van der Waals surface area contributed by atoms with Crippen molar-refractivity contribution in [2.45, 2.75) is 0 Å². The van der Waals surface area contributed by atoms with E-state index < -0.39 is 0 Å². The lowest BCUT2D eigenvalue weighted by Crippen LogP contribution is -2.43. The van der Waals surface area contributed by atoms with E-state index >= 15 is 0 Å². The van der Waals surface area contributed by atoms with E-state index in [0.29, 0.717) is 54.8 Å². The molecule has 2 aromatic rings. The van der Waals surface area contributed by atoms with Crippen LogP contribution in [0.4, 0.5) is 5.69 Å². The van der Waals surface area contributed by atoms with Gasteiger partial charge in [0.1, 0.15) is 5.75 Å². The maximum Gasteiger partial charge on any atom is 0.260 e. The van der Waals surface area contributed by atoms with E-state index in [-0.39, 0.29) is 18.4 Å². The SMILES string of the molecule is COc1ccc(NC(=O)c2ccc(OCC(=O)N3CCOCC3)c(OC)c2)cc1. The highest BCUT2D eigenvalue weighted by Crippen LogP contribution is 2.28. The molecule has 154 valence electrons. The third kappa shape index (κ3) is 5.39. The van der Waals surface area contributed by atoms with Gasteiger partial charge in [0.15, 0.2) is 18.1 Å². The molecule has 1 fully saturated rings. The average Bonchev–Trinajstić information content (AvgIpc) is 2.78. The highest BCUT2D eigenvalue weighted by Gasteiger charge is 2.18. The molecule has 0 aliphatic carbocycles. The summed E-state index contributed by atoms with van der Waals surface area (Å²) in [5.74, 6) is 1.08. The molecule has 8 heteroatoms. The number of methoxy groups -OCH3 is 2. The number of ether oxygens (including phenoxy) is 4. The molecular weight excluding hydrogens is 376 g/mol. The number of carbonyl (C=O) groups is 2. The summed E-state index contributed by atoms with van der Waals surface area (Å²) in [6.07, 6.45) is 0. The summed E-state index contributed by atoms with van der Waals surface area (Å²) in [7, 11) is 3.06. The molecule has 0 atom stereocenters. The smallest absolute Gasteiger partial charge is 0.260 e. The van der Waals surface area contributed by atoms with Gasteiger partial charge in [-0.1, -0.05) is 0 Å². The van der Waals surface area contributed by atoms with Crippen LogP contribution in [0.3, 0.4) is 0 Å². The maximum absolute atomic E-state index is 12.5. The number of carbonyl (C=O) groups excluding carboxylic acids is 2. The van der Waals surface area contributed by atoms with Crippen molar-refractivity contribution >= 4 is 17.5 Å². The summed E-state index contributed by atoms with van der Waals surface area (Å²) in [4.78, 5) is 26.4. The van der Waals surface area contributed by atoms with Gasteiger partial charge in [-0.2, -0.15) is 0 Å². The Labute approximate surface area is 169 Å². The Balaban J connectivity index is 1.62. The summed E-state index contributed by atoms with van der Waals surface area (Å²) in [5, 5.41) is 2.81. The molecular formula is C21H24N2O6. The van der Waals surface area contributed by atoms with Crippen LogP contribution in [0, 0.1) is 0 Å². The minimum atomic E-state index is -0.288. The fraction of sp³-hybridized carbons (Fsp3) is 0.333. The summed E-state index contributed by atoms with van der Waals surface area (Å²) in [6, 6.07) is 11.8. The molecule has 29 heavy (non-hydrogen) atoms. The zero-order chi connectivity index (χ0) is 20.6. The van der Waals surface area contributed by atoms with Crippen LogP contribution in [0.15, 0.2) is 42.5 Å². The second-order valence-corrected chi connectivity index (χ2v) is 6.33. The Hall–Kier alpha value is -3.26. The van der Waals surface area contributed by atoms with Gasteiger partial charge in [0, 0.05) is 24.3 Å². The lowest BCUT2D eigenvalue weighted by Gasteiger charge is -2.26. The lowest BCUT2D eigenvalue weighted by molar-refractivity contribution is -0.137. The molecule has 8 nitrogen and oxygen atoms in total. The summed E-state index contributed by atoms with van der Waals surface area (Å²) >= 11 is 0. The van der Waals surface area contributed by atoms with Gasteiger partial charge in [0.25, 0.3) is 11.8 Å². The summed E-state index contributed by atoms with van der Waals surface area (Å²) in [5.41, 5.74) is 1.05. The van der Waals surface area contributed by atoms with Crippen molar-refractivity contribution in [3.63, 3.8) is 0 Å². The summed E-state index contributed by atoms with van der Waals surface area (Å²) in [6.45, 7) is 2.08. The number of anilines is 1. The zero-order valence-electron chi connectivity index (χ0n) is 16.5. The van der Waals surface area contributed by atoms with Crippen LogP contribution in [-0.4, -0.2) is 63.8 Å². The topological polar surface area (TPSA) is 86.3 Å². The zero-order valence-corrected chi connectivity index (χ0v) is 16.5. The van der Waals surface area contributed by atoms with Crippen molar-refractivity contribution in [1.29, 1.82) is 0 Å². The van der Waals surface area contributed by atoms with Crippen molar-refractivity contribution in [2.75, 3.05) is 52.4 Å². The predicted octanol–water partition coefficient (Wildman–Crippen LogP) is 2.19. The molecule has 0 spiro atoms. The minimum absolute atomic E-state index is 0.103. The number of nitrogens with one attached hydrogen (secondary N) is 1. The monoisotopic (exact) mass is 400 g/mol. The molecule has 1 N–H and O–H groups in total. The van der Waals surface area contributed by atoms with Crippen molar-refractivity contribution in [3.05, 3.63) is 48.0 Å². The molecule has 0 bridgehead atoms. The first kappa shape index (κ1) is 20.5. The fourth-order valence-corrected chi connectivity index (χ4v) is 2.85. The third-order valence-corrected chi connectivity index (χ3v) is 4.49. The van der Waals surface area contributed by atoms with Crippen molar-refractivity contribution < 1.29 is 28.5 Å². The second-order valence-electron chi connectivity index (χ2n) is 6.33. The molecule has 1 aliphatic heterocycles. The van der Waals surface area contributed by atoms with Gasteiger partial charge in [-0.3, -0.25) is 9.59 Å². The average molecular weight is 400 g/mol. The van der Waals surface area contributed by atoms with Gasteiger partial charge in [0.2, 0.25) is 0 Å². The predicted molar refractivity (Wildman–Crippen MR) is 107 cm³/mol. The summed E-state index contributed by atoms with van der Waals surface area (Å²) < 4.78 is 21.3. The number of amides is 2. The van der Waals surface area contributed by atoms with E-state index in [2.05, 4.69) is 5.32 Å².